The van der Waals surface area contributed by atoms with Gasteiger partial charge in [0.1, 0.15) is 0 Å². The predicted octanol–water partition coefficient (Wildman–Crippen LogP) is 6.02. The highest BCUT2D eigenvalue weighted by Gasteiger charge is 2.11. The summed E-state index contributed by atoms with van der Waals surface area (Å²) in [4.78, 5) is 4.35. The van der Waals surface area contributed by atoms with Crippen molar-refractivity contribution in [2.75, 3.05) is 0 Å². The molecule has 5 nitrogen and oxygen atoms in total. The van der Waals surface area contributed by atoms with Crippen LogP contribution in [0.25, 0.3) is 27.8 Å². The molecule has 0 aliphatic heterocycles. The molecular formula is C26H27N5. The molecule has 156 valence electrons. The number of aromatic nitrogens is 5. The van der Waals surface area contributed by atoms with Crippen LogP contribution in [-0.2, 0) is 6.42 Å². The molecule has 0 aliphatic carbocycles. The number of aryl methyl sites for hydroxylation is 2. The highest BCUT2D eigenvalue weighted by molar-refractivity contribution is 5.82. The van der Waals surface area contributed by atoms with Crippen molar-refractivity contribution in [3.05, 3.63) is 89.9 Å². The van der Waals surface area contributed by atoms with Crippen molar-refractivity contribution in [1.29, 1.82) is 0 Å². The number of fused-ring (bicyclic) bond motifs is 2. The average molecular weight is 410 g/mol. The summed E-state index contributed by atoms with van der Waals surface area (Å²) in [5.74, 6) is 1.20. The van der Waals surface area contributed by atoms with Gasteiger partial charge in [0.25, 0.3) is 0 Å². The van der Waals surface area contributed by atoms with Gasteiger partial charge in [-0.3, -0.25) is 4.98 Å². The summed E-state index contributed by atoms with van der Waals surface area (Å²) in [5.41, 5.74) is 6.59. The van der Waals surface area contributed by atoms with Crippen molar-refractivity contribution in [3.8, 4) is 11.3 Å². The summed E-state index contributed by atoms with van der Waals surface area (Å²) < 4.78 is 1.83. The lowest BCUT2D eigenvalue weighted by atomic mass is 10.1. The monoisotopic (exact) mass is 409 g/mol. The zero-order valence-corrected chi connectivity index (χ0v) is 18.4. The van der Waals surface area contributed by atoms with Crippen molar-refractivity contribution in [2.45, 2.75) is 40.0 Å². The molecule has 3 aromatic heterocycles. The summed E-state index contributed by atoms with van der Waals surface area (Å²) in [6, 6.07) is 22.6. The van der Waals surface area contributed by atoms with Gasteiger partial charge >= 0.3 is 0 Å². The first-order chi connectivity index (χ1) is 15.1. The largest absolute Gasteiger partial charge is 0.256 e. The van der Waals surface area contributed by atoms with E-state index in [1.807, 2.05) is 59.2 Å². The van der Waals surface area contributed by atoms with E-state index in [2.05, 4.69) is 66.2 Å². The van der Waals surface area contributed by atoms with Crippen molar-refractivity contribution in [1.82, 2.24) is 24.8 Å². The number of hydrogen-bond acceptors (Lipinski definition) is 4. The summed E-state index contributed by atoms with van der Waals surface area (Å²) in [6.07, 6.45) is 2.95. The molecule has 31 heavy (non-hydrogen) atoms. The summed E-state index contributed by atoms with van der Waals surface area (Å²) >= 11 is 0. The first kappa shape index (κ1) is 20.7. The first-order valence-corrected chi connectivity index (χ1v) is 10.7. The molecule has 2 aromatic carbocycles. The van der Waals surface area contributed by atoms with Crippen LogP contribution in [0.5, 0.6) is 0 Å². The Hall–Kier alpha value is -3.60. The lowest BCUT2D eigenvalue weighted by molar-refractivity contribution is 0.722. The molecule has 0 N–H and O–H groups in total. The molecule has 0 saturated heterocycles. The second-order valence-corrected chi connectivity index (χ2v) is 7.90. The molecule has 0 amide bonds. The molecule has 5 heteroatoms. The zero-order chi connectivity index (χ0) is 21.8. The molecular weight excluding hydrogens is 382 g/mol. The van der Waals surface area contributed by atoms with Crippen LogP contribution in [0.15, 0.2) is 72.9 Å². The fraction of sp³-hybridized carbons (Fsp3) is 0.231. The SMILES string of the molecule is CC(C)c1nnc2ccc(-c3ccccc3)nn12.CCc1ccc2c(C)ccnc2c1. The van der Waals surface area contributed by atoms with Gasteiger partial charge in [-0.05, 0) is 48.7 Å². The third-order valence-corrected chi connectivity index (χ3v) is 5.31. The molecule has 0 atom stereocenters. The van der Waals surface area contributed by atoms with Gasteiger partial charge in [-0.2, -0.15) is 9.61 Å². The molecule has 3 heterocycles. The van der Waals surface area contributed by atoms with E-state index < -0.39 is 0 Å². The molecule has 5 aromatic rings. The number of pyridine rings is 1. The molecule has 0 aliphatic rings. The minimum atomic E-state index is 0.304. The quantitative estimate of drug-likeness (QED) is 0.366. The van der Waals surface area contributed by atoms with Gasteiger partial charge in [-0.25, -0.2) is 0 Å². The molecule has 0 unspecified atom stereocenters. The molecule has 0 spiro atoms. The van der Waals surface area contributed by atoms with Crippen molar-refractivity contribution >= 4 is 16.6 Å². The van der Waals surface area contributed by atoms with Crippen LogP contribution in [0.2, 0.25) is 0 Å². The van der Waals surface area contributed by atoms with E-state index in [0.29, 0.717) is 5.92 Å². The lowest BCUT2D eigenvalue weighted by Crippen LogP contribution is -2.01. The summed E-state index contributed by atoms with van der Waals surface area (Å²) in [6.45, 7) is 8.47. The summed E-state index contributed by atoms with van der Waals surface area (Å²) in [7, 11) is 0. The standard InChI is InChI=1S/C14H14N4.C12H13N/c1-10(2)14-16-15-13-9-8-12(17-18(13)14)11-6-4-3-5-7-11;1-3-10-4-5-11-9(2)6-7-13-12(11)8-10/h3-10H,1-2H3;4-8H,3H2,1-2H3. The van der Waals surface area contributed by atoms with Gasteiger partial charge in [0.15, 0.2) is 11.5 Å². The molecule has 0 saturated carbocycles. The van der Waals surface area contributed by atoms with Gasteiger partial charge in [-0.1, -0.05) is 63.2 Å². The topological polar surface area (TPSA) is 56.0 Å². The summed E-state index contributed by atoms with van der Waals surface area (Å²) in [5, 5.41) is 14.2. The van der Waals surface area contributed by atoms with E-state index in [4.69, 9.17) is 0 Å². The molecule has 0 fully saturated rings. The highest BCUT2D eigenvalue weighted by Crippen LogP contribution is 2.19. The van der Waals surface area contributed by atoms with Crippen LogP contribution in [0.3, 0.4) is 0 Å². The highest BCUT2D eigenvalue weighted by atomic mass is 15.4. The Labute approximate surface area is 182 Å². The molecule has 0 radical (unpaired) electrons. The number of nitrogens with zero attached hydrogens (tertiary/aromatic N) is 5. The minimum absolute atomic E-state index is 0.304. The van der Waals surface area contributed by atoms with Crippen LogP contribution < -0.4 is 0 Å². The third-order valence-electron chi connectivity index (χ3n) is 5.31. The fourth-order valence-corrected chi connectivity index (χ4v) is 3.48. The van der Waals surface area contributed by atoms with E-state index in [1.165, 1.54) is 16.5 Å². The van der Waals surface area contributed by atoms with Crippen LogP contribution in [-0.4, -0.2) is 24.8 Å². The number of rotatable bonds is 3. The second kappa shape index (κ2) is 9.04. The Balaban J connectivity index is 0.000000158. The van der Waals surface area contributed by atoms with E-state index >= 15 is 0 Å². The average Bonchev–Trinajstić information content (AvgIpc) is 3.24. The maximum Gasteiger partial charge on any atom is 0.177 e. The van der Waals surface area contributed by atoms with Gasteiger partial charge in [0.2, 0.25) is 0 Å². The van der Waals surface area contributed by atoms with Crippen LogP contribution in [0, 0.1) is 6.92 Å². The van der Waals surface area contributed by atoms with Gasteiger partial charge in [-0.15, -0.1) is 10.2 Å². The van der Waals surface area contributed by atoms with Gasteiger partial charge < -0.3 is 0 Å². The van der Waals surface area contributed by atoms with Crippen molar-refractivity contribution in [3.63, 3.8) is 0 Å². The van der Waals surface area contributed by atoms with E-state index in [1.54, 1.807) is 0 Å². The third kappa shape index (κ3) is 4.45. The Kier molecular flexibility index (Phi) is 6.03. The van der Waals surface area contributed by atoms with E-state index in [9.17, 15) is 0 Å². The molecule has 5 rings (SSSR count). The first-order valence-electron chi connectivity index (χ1n) is 10.7. The Morgan fingerprint density at radius 1 is 0.903 bits per heavy atom. The second-order valence-electron chi connectivity index (χ2n) is 7.90. The van der Waals surface area contributed by atoms with Crippen LogP contribution in [0.1, 0.15) is 43.6 Å². The normalized spacial score (nSPS) is 11.0. The van der Waals surface area contributed by atoms with Gasteiger partial charge in [0.05, 0.1) is 11.2 Å². The minimum Gasteiger partial charge on any atom is -0.256 e. The van der Waals surface area contributed by atoms with E-state index in [-0.39, 0.29) is 0 Å². The van der Waals surface area contributed by atoms with Crippen molar-refractivity contribution < 1.29 is 0 Å². The van der Waals surface area contributed by atoms with E-state index in [0.717, 1.165) is 34.7 Å². The number of benzene rings is 2. The zero-order valence-electron chi connectivity index (χ0n) is 18.4. The predicted molar refractivity (Wildman–Crippen MR) is 126 cm³/mol. The fourth-order valence-electron chi connectivity index (χ4n) is 3.48. The Morgan fingerprint density at radius 2 is 1.71 bits per heavy atom. The maximum absolute atomic E-state index is 4.62. The van der Waals surface area contributed by atoms with Crippen molar-refractivity contribution in [2.24, 2.45) is 0 Å². The number of hydrogen-bond donors (Lipinski definition) is 0. The molecule has 0 bridgehead atoms. The lowest BCUT2D eigenvalue weighted by Gasteiger charge is -2.04. The van der Waals surface area contributed by atoms with Gasteiger partial charge in [0, 0.05) is 23.1 Å². The van der Waals surface area contributed by atoms with Crippen LogP contribution >= 0.6 is 0 Å². The Morgan fingerprint density at radius 3 is 2.45 bits per heavy atom. The maximum atomic E-state index is 4.62. The van der Waals surface area contributed by atoms with Crippen LogP contribution in [0.4, 0.5) is 0 Å². The smallest absolute Gasteiger partial charge is 0.177 e. The Bertz CT molecular complexity index is 1310.